The van der Waals surface area contributed by atoms with Gasteiger partial charge in [0.05, 0.1) is 0 Å². The third kappa shape index (κ3) is 3.77. The average molecular weight is 154 g/mol. The van der Waals surface area contributed by atoms with Crippen LogP contribution in [0.1, 0.15) is 0 Å². The van der Waals surface area contributed by atoms with Crippen LogP contribution < -0.4 is 11.5 Å². The smallest absolute Gasteiger partial charge is 0.194 e. The molecule has 0 spiro atoms. The number of amidine groups is 1. The molecule has 0 saturated carbocycles. The maximum Gasteiger partial charge on any atom is 0.194 e. The summed E-state index contributed by atoms with van der Waals surface area (Å²) >= 11 is 10.3. The first-order valence-corrected chi connectivity index (χ1v) is 2.49. The fourth-order valence-corrected chi connectivity index (χ4v) is 0.365. The second kappa shape index (κ2) is 3.57. The second-order valence-corrected chi connectivity index (χ2v) is 1.70. The van der Waals surface area contributed by atoms with Gasteiger partial charge in [0.1, 0.15) is 5.16 Å². The maximum absolute atomic E-state index is 5.24. The van der Waals surface area contributed by atoms with Crippen molar-refractivity contribution in [1.82, 2.24) is 0 Å². The van der Waals surface area contributed by atoms with Gasteiger partial charge < -0.3 is 11.5 Å². The first-order valence-electron chi connectivity index (χ1n) is 1.74. The van der Waals surface area contributed by atoms with Gasteiger partial charge in [0.15, 0.2) is 5.29 Å². The van der Waals surface area contributed by atoms with Crippen molar-refractivity contribution in [2.24, 2.45) is 16.5 Å². The van der Waals surface area contributed by atoms with E-state index >= 15 is 0 Å². The Bertz CT molecular complexity index is 124. The summed E-state index contributed by atoms with van der Waals surface area (Å²) in [6, 6.07) is 0. The van der Waals surface area contributed by atoms with Gasteiger partial charge >= 0.3 is 0 Å². The van der Waals surface area contributed by atoms with E-state index in [4.69, 9.17) is 34.7 Å². The third-order valence-corrected chi connectivity index (χ3v) is 0.646. The molecule has 0 fully saturated rings. The number of nitrogens with two attached hydrogens (primary N) is 2. The summed E-state index contributed by atoms with van der Waals surface area (Å²) in [4.78, 5) is 3.36. The lowest BCUT2D eigenvalue weighted by Crippen LogP contribution is -2.01. The SMILES string of the molecule is N/C=C(Cl)\N=C(/N)Cl. The van der Waals surface area contributed by atoms with Crippen LogP contribution in [0.3, 0.4) is 0 Å². The van der Waals surface area contributed by atoms with Gasteiger partial charge in [-0.25, -0.2) is 4.99 Å². The maximum atomic E-state index is 5.24. The van der Waals surface area contributed by atoms with Gasteiger partial charge in [0.25, 0.3) is 0 Å². The molecule has 0 atom stereocenters. The van der Waals surface area contributed by atoms with Gasteiger partial charge in [-0.15, -0.1) is 0 Å². The van der Waals surface area contributed by atoms with Gasteiger partial charge in [0, 0.05) is 6.20 Å². The lowest BCUT2D eigenvalue weighted by molar-refractivity contribution is 1.43. The van der Waals surface area contributed by atoms with Crippen molar-refractivity contribution in [2.75, 3.05) is 0 Å². The molecule has 0 aromatic carbocycles. The molecule has 4 N–H and O–H groups in total. The normalized spacial score (nSPS) is 14.2. The fourth-order valence-electron chi connectivity index (χ4n) is 0.139. The van der Waals surface area contributed by atoms with E-state index in [9.17, 15) is 0 Å². The van der Waals surface area contributed by atoms with Gasteiger partial charge in [-0.3, -0.25) is 0 Å². The van der Waals surface area contributed by atoms with E-state index in [-0.39, 0.29) is 10.5 Å². The second-order valence-electron chi connectivity index (χ2n) is 0.924. The number of hydrogen-bond acceptors (Lipinski definition) is 2. The molecule has 0 heterocycles. The molecule has 0 saturated heterocycles. The van der Waals surface area contributed by atoms with Crippen LogP contribution in [-0.2, 0) is 0 Å². The summed E-state index contributed by atoms with van der Waals surface area (Å²) in [7, 11) is 0. The van der Waals surface area contributed by atoms with Crippen LogP contribution in [0.25, 0.3) is 0 Å². The van der Waals surface area contributed by atoms with Crippen LogP contribution in [-0.4, -0.2) is 5.29 Å². The molecular weight excluding hydrogens is 149 g/mol. The van der Waals surface area contributed by atoms with E-state index in [1.807, 2.05) is 0 Å². The molecule has 0 rings (SSSR count). The van der Waals surface area contributed by atoms with Crippen molar-refractivity contribution < 1.29 is 0 Å². The summed E-state index contributed by atoms with van der Waals surface area (Å²) in [6.07, 6.45) is 1.09. The van der Waals surface area contributed by atoms with Crippen LogP contribution in [0.2, 0.25) is 0 Å². The summed E-state index contributed by atoms with van der Waals surface area (Å²) in [5, 5.41) is -0.0470. The largest absolute Gasteiger partial charge is 0.402 e. The predicted molar refractivity (Wildman–Crippen MR) is 35.6 cm³/mol. The molecule has 8 heavy (non-hydrogen) atoms. The van der Waals surface area contributed by atoms with Crippen molar-refractivity contribution >= 4 is 28.5 Å². The number of aliphatic imine (C=N–C) groups is 1. The minimum atomic E-state index is -0.128. The summed E-state index contributed by atoms with van der Waals surface area (Å²) in [6.45, 7) is 0. The van der Waals surface area contributed by atoms with Crippen LogP contribution in [0.15, 0.2) is 16.3 Å². The minimum absolute atomic E-state index is 0.0810. The number of halogens is 2. The van der Waals surface area contributed by atoms with Gasteiger partial charge in [-0.1, -0.05) is 11.6 Å². The van der Waals surface area contributed by atoms with Crippen molar-refractivity contribution in [3.05, 3.63) is 11.4 Å². The zero-order valence-corrected chi connectivity index (χ0v) is 5.45. The first kappa shape index (κ1) is 7.59. The predicted octanol–water partition coefficient (Wildman–Crippen LogP) is 0.536. The molecule has 0 bridgehead atoms. The standard InChI is InChI=1S/C3H5Cl2N3/c4-2(1-6)8-3(5)7/h1H,6H2,(H2,7,8)/b2-1-. The molecule has 3 nitrogen and oxygen atoms in total. The van der Waals surface area contributed by atoms with E-state index in [2.05, 4.69) is 4.99 Å². The Morgan fingerprint density at radius 2 is 2.00 bits per heavy atom. The summed E-state index contributed by atoms with van der Waals surface area (Å²) in [5.74, 6) is 0. The topological polar surface area (TPSA) is 64.4 Å². The van der Waals surface area contributed by atoms with Crippen molar-refractivity contribution in [3.8, 4) is 0 Å². The summed E-state index contributed by atoms with van der Waals surface area (Å²) in [5.41, 5.74) is 9.81. The fraction of sp³-hybridized carbons (Fsp3) is 0. The van der Waals surface area contributed by atoms with Crippen molar-refractivity contribution in [2.45, 2.75) is 0 Å². The lowest BCUT2D eigenvalue weighted by atomic mass is 10.9. The molecule has 0 aromatic rings. The molecule has 0 aliphatic carbocycles. The molecule has 46 valence electrons. The molecular formula is C3H5Cl2N3. The first-order chi connectivity index (χ1) is 3.66. The van der Waals surface area contributed by atoms with E-state index in [1.54, 1.807) is 0 Å². The van der Waals surface area contributed by atoms with Crippen molar-refractivity contribution in [3.63, 3.8) is 0 Å². The van der Waals surface area contributed by atoms with Gasteiger partial charge in [-0.2, -0.15) is 0 Å². The third-order valence-electron chi connectivity index (χ3n) is 0.351. The van der Waals surface area contributed by atoms with E-state index < -0.39 is 0 Å². The summed E-state index contributed by atoms with van der Waals surface area (Å²) < 4.78 is 0. The molecule has 0 aliphatic rings. The van der Waals surface area contributed by atoms with E-state index in [1.165, 1.54) is 0 Å². The van der Waals surface area contributed by atoms with Gasteiger partial charge in [-0.05, 0) is 11.6 Å². The molecule has 0 aromatic heterocycles. The number of hydrogen-bond donors (Lipinski definition) is 2. The highest BCUT2D eigenvalue weighted by atomic mass is 35.5. The Balaban J connectivity index is 3.89. The highest BCUT2D eigenvalue weighted by Gasteiger charge is 1.84. The Labute approximate surface area is 57.0 Å². The highest BCUT2D eigenvalue weighted by molar-refractivity contribution is 6.64. The Kier molecular flexibility index (Phi) is 3.39. The van der Waals surface area contributed by atoms with Crippen LogP contribution >= 0.6 is 23.2 Å². The lowest BCUT2D eigenvalue weighted by Gasteiger charge is -1.84. The number of rotatable bonds is 1. The molecule has 0 unspecified atom stereocenters. The van der Waals surface area contributed by atoms with Crippen LogP contribution in [0, 0.1) is 0 Å². The highest BCUT2D eigenvalue weighted by Crippen LogP contribution is 1.99. The van der Waals surface area contributed by atoms with Crippen LogP contribution in [0.5, 0.6) is 0 Å². The van der Waals surface area contributed by atoms with E-state index in [0.29, 0.717) is 0 Å². The zero-order valence-electron chi connectivity index (χ0n) is 3.94. The number of nitrogens with zero attached hydrogens (tertiary/aromatic N) is 1. The Morgan fingerprint density at radius 3 is 2.12 bits per heavy atom. The molecule has 0 aliphatic heterocycles. The Morgan fingerprint density at radius 1 is 1.50 bits per heavy atom. The monoisotopic (exact) mass is 153 g/mol. The average Bonchev–Trinajstić information content (AvgIpc) is 1.65. The zero-order chi connectivity index (χ0) is 6.57. The van der Waals surface area contributed by atoms with Crippen molar-refractivity contribution in [1.29, 1.82) is 0 Å². The van der Waals surface area contributed by atoms with Gasteiger partial charge in [0.2, 0.25) is 0 Å². The molecule has 0 amide bonds. The quantitative estimate of drug-likeness (QED) is 0.328. The minimum Gasteiger partial charge on any atom is -0.402 e. The van der Waals surface area contributed by atoms with Crippen LogP contribution in [0.4, 0.5) is 0 Å². The Hall–Kier alpha value is -0.410. The molecule has 5 heteroatoms. The molecule has 0 radical (unpaired) electrons. The van der Waals surface area contributed by atoms with E-state index in [0.717, 1.165) is 6.20 Å².